The van der Waals surface area contributed by atoms with Crippen LogP contribution < -0.4 is 36.5 Å². The Kier molecular flexibility index (Phi) is 18.1. The fraction of sp³-hybridized carbons (Fsp3) is 0.444. The smallest absolute Gasteiger partial charge is 0.329 e. The summed E-state index contributed by atoms with van der Waals surface area (Å²) in [5, 5.41) is 5.65. The molecule has 0 unspecified atom stereocenters. The number of amides is 3. The predicted octanol–water partition coefficient (Wildman–Crippen LogP) is 6.70. The van der Waals surface area contributed by atoms with Crippen molar-refractivity contribution in [2.45, 2.75) is 123 Å². The van der Waals surface area contributed by atoms with Crippen LogP contribution in [0.25, 0.3) is 11.2 Å². The molecule has 3 atom stereocenters. The summed E-state index contributed by atoms with van der Waals surface area (Å²) in [6, 6.07) is 17.0. The maximum absolute atomic E-state index is 14.2. The van der Waals surface area contributed by atoms with Crippen LogP contribution in [0.5, 0.6) is 11.5 Å². The second-order valence-electron chi connectivity index (χ2n) is 19.9. The molecule has 0 spiro atoms. The molecule has 20 nitrogen and oxygen atoms in total. The maximum atomic E-state index is 14.2. The number of fused-ring (bicyclic) bond motifs is 1. The molecule has 1 saturated heterocycles. The number of aromatic nitrogens is 4. The zero-order chi connectivity index (χ0) is 53.9. The first-order valence-electron chi connectivity index (χ1n) is 24.7. The molecule has 5 aromatic rings. The molecule has 394 valence electrons. The minimum atomic E-state index is -1.19. The number of likely N-dealkylation sites (tertiary alicyclic amines) is 1. The van der Waals surface area contributed by atoms with Crippen LogP contribution in [-0.2, 0) is 46.4 Å². The van der Waals surface area contributed by atoms with Crippen molar-refractivity contribution in [2.24, 2.45) is 5.41 Å². The van der Waals surface area contributed by atoms with E-state index in [1.54, 1.807) is 110 Å². The highest BCUT2D eigenvalue weighted by Gasteiger charge is 2.41. The Labute approximate surface area is 431 Å². The number of ketones is 1. The molecule has 0 aliphatic carbocycles. The number of ether oxygens (including phenoxy) is 4. The Balaban J connectivity index is 1.14. The predicted molar refractivity (Wildman–Crippen MR) is 279 cm³/mol. The van der Waals surface area contributed by atoms with E-state index in [-0.39, 0.29) is 42.4 Å². The molecule has 2 aromatic heterocycles. The number of benzene rings is 3. The highest BCUT2D eigenvalue weighted by Crippen LogP contribution is 2.33. The van der Waals surface area contributed by atoms with Crippen molar-refractivity contribution >= 4 is 69.7 Å². The minimum absolute atomic E-state index is 0.000136. The van der Waals surface area contributed by atoms with Gasteiger partial charge >= 0.3 is 11.9 Å². The van der Waals surface area contributed by atoms with E-state index in [2.05, 4.69) is 30.6 Å². The average molecular weight is 1020 g/mol. The van der Waals surface area contributed by atoms with E-state index in [4.69, 9.17) is 30.4 Å². The summed E-state index contributed by atoms with van der Waals surface area (Å²) in [5.74, 6) is -2.39. The number of methoxy groups -OCH3 is 2. The van der Waals surface area contributed by atoms with Gasteiger partial charge in [0.25, 0.3) is 11.8 Å². The number of anilines is 4. The summed E-state index contributed by atoms with van der Waals surface area (Å²) < 4.78 is 22.9. The summed E-state index contributed by atoms with van der Waals surface area (Å²) in [7, 11) is 4.93. The fourth-order valence-corrected chi connectivity index (χ4v) is 8.29. The van der Waals surface area contributed by atoms with Crippen molar-refractivity contribution in [3.05, 3.63) is 95.3 Å². The molecular weight excluding hydrogens is 949 g/mol. The standard InChI is InChI=1S/C54H68N10O10/c1-10-54(5,6)45(66)49(68)64-27-12-11-16-39(64)51(70)73-40(24-17-32-18-25-41(71-8)42(28-32)72-9)34-14-13-15-35(29-34)58-43(65)26-23-38(50(69)74-53(2,3)4)60-48(67)33-19-21-37(22-20-33)63(7)31-36-30-57-47-44(59-36)46(55)61-52(56)62-47/h13-15,18-22,25,28-30,38-40H,10-12,16-17,23-24,26-27,31H2,1-9H3,(H,58,65)(H,60,67)(H4,55,56,57,61,62)/t38-,39-,40+/m0/s1. The molecule has 6 N–H and O–H groups in total. The number of piperidine rings is 1. The number of aryl methyl sites for hydroxylation is 1. The summed E-state index contributed by atoms with van der Waals surface area (Å²) in [5.41, 5.74) is 14.0. The zero-order valence-electron chi connectivity index (χ0n) is 43.7. The number of esters is 2. The second kappa shape index (κ2) is 24.2. The first-order chi connectivity index (χ1) is 35.1. The first-order valence-corrected chi connectivity index (χ1v) is 24.7. The average Bonchev–Trinajstić information content (AvgIpc) is 3.37. The summed E-state index contributed by atoms with van der Waals surface area (Å²) >= 11 is 0. The van der Waals surface area contributed by atoms with Crippen molar-refractivity contribution in [1.29, 1.82) is 0 Å². The van der Waals surface area contributed by atoms with Crippen LogP contribution in [0, 0.1) is 5.41 Å². The third kappa shape index (κ3) is 14.4. The number of rotatable bonds is 21. The molecule has 3 amide bonds. The molecule has 0 saturated carbocycles. The highest BCUT2D eigenvalue weighted by molar-refractivity contribution is 6.38. The largest absolute Gasteiger partial charge is 0.493 e. The number of nitrogen functional groups attached to an aromatic ring is 2. The monoisotopic (exact) mass is 1020 g/mol. The van der Waals surface area contributed by atoms with Crippen molar-refractivity contribution in [1.82, 2.24) is 30.2 Å². The van der Waals surface area contributed by atoms with Gasteiger partial charge in [0, 0.05) is 42.4 Å². The Hall–Kier alpha value is -7.90. The quantitative estimate of drug-likeness (QED) is 0.0440. The number of hydrogen-bond acceptors (Lipinski definition) is 17. The van der Waals surface area contributed by atoms with Gasteiger partial charge in [0.1, 0.15) is 23.8 Å². The van der Waals surface area contributed by atoms with E-state index in [0.717, 1.165) is 11.3 Å². The van der Waals surface area contributed by atoms with E-state index < -0.39 is 64.6 Å². The van der Waals surface area contributed by atoms with Gasteiger partial charge in [0.15, 0.2) is 28.5 Å². The molecule has 1 fully saturated rings. The highest BCUT2D eigenvalue weighted by atomic mass is 16.6. The topological polar surface area (TPSA) is 273 Å². The van der Waals surface area contributed by atoms with Crippen molar-refractivity contribution < 1.29 is 47.7 Å². The lowest BCUT2D eigenvalue weighted by Gasteiger charge is -2.36. The van der Waals surface area contributed by atoms with Gasteiger partial charge in [-0.2, -0.15) is 9.97 Å². The normalized spacial score (nSPS) is 14.6. The number of carbonyl (C=O) groups is 6. The molecule has 74 heavy (non-hydrogen) atoms. The first kappa shape index (κ1) is 55.4. The lowest BCUT2D eigenvalue weighted by atomic mass is 9.84. The van der Waals surface area contributed by atoms with E-state index in [1.165, 1.54) is 4.90 Å². The maximum Gasteiger partial charge on any atom is 0.329 e. The van der Waals surface area contributed by atoms with E-state index in [0.29, 0.717) is 79.0 Å². The Morgan fingerprint density at radius 1 is 0.878 bits per heavy atom. The number of nitrogens with two attached hydrogens (primary N) is 2. The van der Waals surface area contributed by atoms with Gasteiger partial charge in [-0.05, 0) is 125 Å². The van der Waals surface area contributed by atoms with Gasteiger partial charge in [0.05, 0.1) is 32.7 Å². The SMILES string of the molecule is CCC(C)(C)C(=O)C(=O)N1CCCC[C@H]1C(=O)O[C@H](CCc1ccc(OC)c(OC)c1)c1cccc(NC(=O)CC[C@H](NC(=O)c2ccc(N(C)Cc3cnc4nc(N)nc(N)c4n3)cc2)C(=O)OC(C)(C)C)c1. The molecule has 1 aliphatic rings. The van der Waals surface area contributed by atoms with Crippen molar-refractivity contribution in [2.75, 3.05) is 49.5 Å². The second-order valence-corrected chi connectivity index (χ2v) is 19.9. The lowest BCUT2D eigenvalue weighted by Crippen LogP contribution is -2.53. The molecule has 1 aliphatic heterocycles. The van der Waals surface area contributed by atoms with Gasteiger partial charge in [0.2, 0.25) is 17.6 Å². The van der Waals surface area contributed by atoms with Gasteiger partial charge in [-0.3, -0.25) is 19.2 Å². The van der Waals surface area contributed by atoms with Gasteiger partial charge in [-0.25, -0.2) is 19.6 Å². The Bertz CT molecular complexity index is 2850. The molecule has 0 bridgehead atoms. The number of Topliss-reactive ketones (excluding diaryl/α,β-unsaturated/α-hetero) is 1. The fourth-order valence-electron chi connectivity index (χ4n) is 8.29. The Morgan fingerprint density at radius 2 is 1.61 bits per heavy atom. The summed E-state index contributed by atoms with van der Waals surface area (Å²) in [4.78, 5) is 102. The number of nitrogens with one attached hydrogen (secondary N) is 2. The van der Waals surface area contributed by atoms with Crippen LogP contribution in [0.4, 0.5) is 23.1 Å². The van der Waals surface area contributed by atoms with E-state index in [1.807, 2.05) is 31.0 Å². The minimum Gasteiger partial charge on any atom is -0.493 e. The summed E-state index contributed by atoms with van der Waals surface area (Å²) in [6.07, 6.45) is 3.31. The number of hydrogen-bond donors (Lipinski definition) is 4. The van der Waals surface area contributed by atoms with Gasteiger partial charge in [-0.15, -0.1) is 0 Å². The van der Waals surface area contributed by atoms with Crippen LogP contribution in [0.2, 0.25) is 0 Å². The third-order valence-electron chi connectivity index (χ3n) is 12.8. The molecule has 3 aromatic carbocycles. The lowest BCUT2D eigenvalue weighted by molar-refractivity contribution is -0.164. The zero-order valence-corrected chi connectivity index (χ0v) is 43.7. The van der Waals surface area contributed by atoms with Crippen LogP contribution in [0.15, 0.2) is 72.9 Å². The van der Waals surface area contributed by atoms with Crippen LogP contribution >= 0.6 is 0 Å². The molecule has 6 rings (SSSR count). The van der Waals surface area contributed by atoms with Crippen LogP contribution in [0.1, 0.15) is 120 Å². The molecular formula is C54H68N10O10. The summed E-state index contributed by atoms with van der Waals surface area (Å²) in [6.45, 7) is 11.0. The van der Waals surface area contributed by atoms with Crippen molar-refractivity contribution in [3.63, 3.8) is 0 Å². The number of carbonyl (C=O) groups excluding carboxylic acids is 6. The van der Waals surface area contributed by atoms with Gasteiger partial charge < -0.3 is 50.8 Å². The molecule has 3 heterocycles. The van der Waals surface area contributed by atoms with Gasteiger partial charge in [-0.1, -0.05) is 39.0 Å². The van der Waals surface area contributed by atoms with Crippen molar-refractivity contribution in [3.8, 4) is 11.5 Å². The third-order valence-corrected chi connectivity index (χ3v) is 12.8. The van der Waals surface area contributed by atoms with Crippen LogP contribution in [0.3, 0.4) is 0 Å². The van der Waals surface area contributed by atoms with E-state index >= 15 is 0 Å². The van der Waals surface area contributed by atoms with E-state index in [9.17, 15) is 28.8 Å². The van der Waals surface area contributed by atoms with Crippen LogP contribution in [-0.4, -0.2) is 106 Å². The number of nitrogens with zero attached hydrogens (tertiary/aromatic N) is 6. The molecule has 0 radical (unpaired) electrons. The Morgan fingerprint density at radius 3 is 2.30 bits per heavy atom. The molecule has 20 heteroatoms.